The molecule has 1 aromatic heterocycles. The van der Waals surface area contributed by atoms with Crippen LogP contribution in [0.15, 0.2) is 55.3 Å². The summed E-state index contributed by atoms with van der Waals surface area (Å²) in [5.74, 6) is -0.287. The lowest BCUT2D eigenvalue weighted by Gasteiger charge is -2.20. The van der Waals surface area contributed by atoms with Crippen molar-refractivity contribution in [3.63, 3.8) is 0 Å². The van der Waals surface area contributed by atoms with E-state index >= 15 is 0 Å². The first-order valence-corrected chi connectivity index (χ1v) is 7.84. The number of nitrogens with zero attached hydrogens (tertiary/aromatic N) is 2. The van der Waals surface area contributed by atoms with Crippen molar-refractivity contribution in [3.8, 4) is 5.75 Å². The lowest BCUT2D eigenvalue weighted by atomic mass is 10.1. The number of hydrogen-bond acceptors (Lipinski definition) is 3. The topological polar surface area (TPSA) is 51.5 Å². The van der Waals surface area contributed by atoms with E-state index in [9.17, 15) is 9.59 Å². The second-order valence-electron chi connectivity index (χ2n) is 5.40. The largest absolute Gasteiger partial charge is 0.490 e. The Morgan fingerprint density at radius 2 is 2.08 bits per heavy atom. The number of ketones is 1. The highest BCUT2D eigenvalue weighted by atomic mass is 16.5. The van der Waals surface area contributed by atoms with Crippen molar-refractivity contribution in [3.05, 3.63) is 66.5 Å². The maximum absolute atomic E-state index is 12.5. The summed E-state index contributed by atoms with van der Waals surface area (Å²) in [5, 5.41) is 0. The van der Waals surface area contributed by atoms with E-state index in [0.29, 0.717) is 31.1 Å². The minimum Gasteiger partial charge on any atom is -0.490 e. The number of aromatic nitrogens is 1. The molecule has 24 heavy (non-hydrogen) atoms. The van der Waals surface area contributed by atoms with E-state index in [4.69, 9.17) is 4.74 Å². The molecule has 1 aromatic carbocycles. The van der Waals surface area contributed by atoms with Gasteiger partial charge in [-0.05, 0) is 36.8 Å². The van der Waals surface area contributed by atoms with E-state index in [1.165, 1.54) is 4.90 Å². The highest BCUT2D eigenvalue weighted by Crippen LogP contribution is 2.16. The quantitative estimate of drug-likeness (QED) is 0.426. The van der Waals surface area contributed by atoms with Crippen molar-refractivity contribution in [1.29, 1.82) is 0 Å². The van der Waals surface area contributed by atoms with E-state index < -0.39 is 11.7 Å². The van der Waals surface area contributed by atoms with Crippen LogP contribution in [-0.4, -0.2) is 34.3 Å². The van der Waals surface area contributed by atoms with E-state index in [0.717, 1.165) is 5.56 Å². The predicted molar refractivity (Wildman–Crippen MR) is 93.0 cm³/mol. The highest BCUT2D eigenvalue weighted by molar-refractivity contribution is 6.42. The highest BCUT2D eigenvalue weighted by Gasteiger charge is 2.24. The van der Waals surface area contributed by atoms with Gasteiger partial charge in [-0.15, -0.1) is 0 Å². The van der Waals surface area contributed by atoms with Crippen LogP contribution in [0, 0.1) is 0 Å². The maximum atomic E-state index is 12.5. The molecule has 2 rings (SSSR count). The Balaban J connectivity index is 2.11. The number of carbonyl (C=O) groups excluding carboxylic acids is 2. The second-order valence-corrected chi connectivity index (χ2v) is 5.40. The molecule has 0 radical (unpaired) electrons. The molecule has 0 saturated carbocycles. The van der Waals surface area contributed by atoms with E-state index in [1.807, 2.05) is 31.2 Å². The summed E-state index contributed by atoms with van der Waals surface area (Å²) in [6.45, 7) is 6.70. The Morgan fingerprint density at radius 3 is 2.71 bits per heavy atom. The van der Waals surface area contributed by atoms with Crippen molar-refractivity contribution in [2.45, 2.75) is 13.5 Å². The van der Waals surface area contributed by atoms with E-state index in [2.05, 4.69) is 6.58 Å². The number of rotatable bonds is 8. The molecule has 0 bridgehead atoms. The normalized spacial score (nSPS) is 10.2. The van der Waals surface area contributed by atoms with Gasteiger partial charge in [-0.3, -0.25) is 9.59 Å². The molecule has 0 aliphatic heterocycles. The Hall–Kier alpha value is -2.82. The molecule has 1 heterocycles. The summed E-state index contributed by atoms with van der Waals surface area (Å²) < 4.78 is 7.15. The van der Waals surface area contributed by atoms with Gasteiger partial charge in [-0.25, -0.2) is 0 Å². The fourth-order valence-corrected chi connectivity index (χ4v) is 2.39. The van der Waals surface area contributed by atoms with Crippen LogP contribution in [0.2, 0.25) is 0 Å². The maximum Gasteiger partial charge on any atom is 0.296 e. The van der Waals surface area contributed by atoms with Gasteiger partial charge in [0, 0.05) is 26.3 Å². The molecule has 0 N–H and O–H groups in total. The van der Waals surface area contributed by atoms with Gasteiger partial charge in [-0.1, -0.05) is 24.8 Å². The van der Waals surface area contributed by atoms with Gasteiger partial charge in [0.2, 0.25) is 0 Å². The van der Waals surface area contributed by atoms with E-state index in [-0.39, 0.29) is 0 Å². The third-order valence-corrected chi connectivity index (χ3v) is 3.68. The molecule has 0 saturated heterocycles. The lowest BCUT2D eigenvalue weighted by Crippen LogP contribution is -2.36. The number of likely N-dealkylation sites (N-methyl/N-ethyl adjacent to an activating group) is 1. The zero-order valence-electron chi connectivity index (χ0n) is 14.1. The molecular weight excluding hydrogens is 304 g/mol. The second kappa shape index (κ2) is 8.15. The number of aryl methyl sites for hydroxylation is 1. The summed E-state index contributed by atoms with van der Waals surface area (Å²) in [5.41, 5.74) is 1.30. The standard InChI is InChI=1S/C19H22N2O3/c1-4-12-24-16-9-6-8-15(13-16)14-21(5-2)19(23)18(22)17-10-7-11-20(17)3/h4,6-11,13H,1,5,12,14H2,2-3H3. The summed E-state index contributed by atoms with van der Waals surface area (Å²) >= 11 is 0. The molecule has 2 aromatic rings. The molecular formula is C19H22N2O3. The smallest absolute Gasteiger partial charge is 0.296 e. The van der Waals surface area contributed by atoms with Crippen LogP contribution in [0.5, 0.6) is 5.75 Å². The third kappa shape index (κ3) is 4.13. The van der Waals surface area contributed by atoms with E-state index in [1.54, 1.807) is 36.0 Å². The minimum atomic E-state index is -0.503. The van der Waals surface area contributed by atoms with Crippen molar-refractivity contribution in [1.82, 2.24) is 9.47 Å². The van der Waals surface area contributed by atoms with Gasteiger partial charge in [0.25, 0.3) is 11.7 Å². The molecule has 0 aliphatic carbocycles. The Bertz CT molecular complexity index is 734. The molecule has 126 valence electrons. The molecule has 5 nitrogen and oxygen atoms in total. The van der Waals surface area contributed by atoms with Crippen molar-refractivity contribution >= 4 is 11.7 Å². The van der Waals surface area contributed by atoms with Gasteiger partial charge >= 0.3 is 0 Å². The monoisotopic (exact) mass is 326 g/mol. The molecule has 1 amide bonds. The van der Waals surface area contributed by atoms with Gasteiger partial charge < -0.3 is 14.2 Å². The van der Waals surface area contributed by atoms with Crippen LogP contribution in [0.25, 0.3) is 0 Å². The SMILES string of the molecule is C=CCOc1cccc(CN(CC)C(=O)C(=O)c2cccn2C)c1. The number of benzene rings is 1. The molecule has 0 spiro atoms. The fourth-order valence-electron chi connectivity index (χ4n) is 2.39. The van der Waals surface area contributed by atoms with Crippen molar-refractivity contribution in [2.24, 2.45) is 7.05 Å². The first-order chi connectivity index (χ1) is 11.6. The predicted octanol–water partition coefficient (Wildman–Crippen LogP) is 2.82. The third-order valence-electron chi connectivity index (χ3n) is 3.68. The Kier molecular flexibility index (Phi) is 5.95. The number of hydrogen-bond donors (Lipinski definition) is 0. The van der Waals surface area contributed by atoms with Crippen LogP contribution in [-0.2, 0) is 18.4 Å². The Labute approximate surface area is 142 Å². The van der Waals surface area contributed by atoms with Crippen molar-refractivity contribution < 1.29 is 14.3 Å². The number of Topliss-reactive ketones (excluding diaryl/α,β-unsaturated/α-hetero) is 1. The molecule has 0 atom stereocenters. The van der Waals surface area contributed by atoms with Gasteiger partial charge in [0.1, 0.15) is 12.4 Å². The zero-order chi connectivity index (χ0) is 17.5. The first-order valence-electron chi connectivity index (χ1n) is 7.84. The summed E-state index contributed by atoms with van der Waals surface area (Å²) in [6.07, 6.45) is 3.42. The fraction of sp³-hybridized carbons (Fsp3) is 0.263. The zero-order valence-corrected chi connectivity index (χ0v) is 14.1. The number of amides is 1. The number of ether oxygens (including phenoxy) is 1. The average molecular weight is 326 g/mol. The summed E-state index contributed by atoms with van der Waals surface area (Å²) in [4.78, 5) is 26.4. The molecule has 0 unspecified atom stereocenters. The minimum absolute atomic E-state index is 0.358. The van der Waals surface area contributed by atoms with Gasteiger partial charge in [0.05, 0.1) is 5.69 Å². The molecule has 5 heteroatoms. The molecule has 0 aliphatic rings. The van der Waals surface area contributed by atoms with Gasteiger partial charge in [-0.2, -0.15) is 0 Å². The van der Waals surface area contributed by atoms with Crippen LogP contribution in [0.1, 0.15) is 23.0 Å². The summed E-state index contributed by atoms with van der Waals surface area (Å²) in [6, 6.07) is 10.9. The molecule has 0 fully saturated rings. The first kappa shape index (κ1) is 17.5. The van der Waals surface area contributed by atoms with Crippen molar-refractivity contribution in [2.75, 3.05) is 13.2 Å². The van der Waals surface area contributed by atoms with Crippen LogP contribution >= 0.6 is 0 Å². The average Bonchev–Trinajstić information content (AvgIpc) is 3.03. The lowest BCUT2D eigenvalue weighted by molar-refractivity contribution is -0.126. The van der Waals surface area contributed by atoms with Crippen LogP contribution < -0.4 is 4.74 Å². The Morgan fingerprint density at radius 1 is 1.29 bits per heavy atom. The summed E-state index contributed by atoms with van der Waals surface area (Å²) in [7, 11) is 1.75. The van der Waals surface area contributed by atoms with Gasteiger partial charge in [0.15, 0.2) is 0 Å². The van der Waals surface area contributed by atoms with Crippen LogP contribution in [0.3, 0.4) is 0 Å². The van der Waals surface area contributed by atoms with Crippen LogP contribution in [0.4, 0.5) is 0 Å². The number of carbonyl (C=O) groups is 2.